The van der Waals surface area contributed by atoms with Crippen molar-refractivity contribution in [1.82, 2.24) is 0 Å². The Balaban J connectivity index is 1.63. The maximum absolute atomic E-state index is 10.8. The smallest absolute Gasteiger partial charge is 0.225 e. The van der Waals surface area contributed by atoms with Crippen molar-refractivity contribution < 1.29 is 34.7 Å². The van der Waals surface area contributed by atoms with Crippen molar-refractivity contribution in [1.29, 1.82) is 0 Å². The van der Waals surface area contributed by atoms with Crippen LogP contribution in [0.4, 0.5) is 0 Å². The first-order valence-electron chi connectivity index (χ1n) is 11.5. The third kappa shape index (κ3) is 4.04. The predicted octanol–water partition coefficient (Wildman–Crippen LogP) is 1.62. The number of nitrogens with zero attached hydrogens (tertiary/aromatic N) is 1. The van der Waals surface area contributed by atoms with Gasteiger partial charge in [0.1, 0.15) is 31.0 Å². The van der Waals surface area contributed by atoms with Gasteiger partial charge in [-0.05, 0) is 47.6 Å². The van der Waals surface area contributed by atoms with E-state index in [1.165, 1.54) is 7.11 Å². The van der Waals surface area contributed by atoms with Crippen LogP contribution in [0, 0.1) is 12.8 Å². The zero-order valence-electron chi connectivity index (χ0n) is 19.9. The Morgan fingerprint density at radius 2 is 1.82 bits per heavy atom. The van der Waals surface area contributed by atoms with Gasteiger partial charge in [0.15, 0.2) is 0 Å². The molecular weight excluding hydrogens is 438 g/mol. The minimum atomic E-state index is -1.67. The molecule has 8 nitrogen and oxygen atoms in total. The predicted molar refractivity (Wildman–Crippen MR) is 125 cm³/mol. The zero-order valence-corrected chi connectivity index (χ0v) is 19.9. The molecular formula is C26H33NO7. The fourth-order valence-electron chi connectivity index (χ4n) is 4.76. The van der Waals surface area contributed by atoms with E-state index in [0.29, 0.717) is 12.0 Å². The summed E-state index contributed by atoms with van der Waals surface area (Å²) in [4.78, 5) is 4.99. The third-order valence-electron chi connectivity index (χ3n) is 6.86. The molecule has 2 saturated heterocycles. The van der Waals surface area contributed by atoms with Crippen LogP contribution in [0.3, 0.4) is 0 Å². The van der Waals surface area contributed by atoms with Crippen molar-refractivity contribution in [3.63, 3.8) is 0 Å². The second kappa shape index (κ2) is 9.37. The Labute approximate surface area is 199 Å². The number of fused-ring (bicyclic) bond motifs is 2. The largest absolute Gasteiger partial charge is 0.399 e. The Morgan fingerprint density at radius 3 is 2.44 bits per heavy atom. The topological polar surface area (TPSA) is 121 Å². The summed E-state index contributed by atoms with van der Waals surface area (Å²) >= 11 is 0. The number of aliphatic hydroxyl groups excluding tert-OH is 4. The molecule has 2 aliphatic rings. The average molecular weight is 472 g/mol. The zero-order chi connectivity index (χ0) is 24.7. The molecule has 2 bridgehead atoms. The molecule has 4 N–H and O–H groups in total. The second-order valence-corrected chi connectivity index (χ2v) is 9.49. The van der Waals surface area contributed by atoms with E-state index in [-0.39, 0.29) is 12.5 Å². The molecule has 2 heterocycles. The van der Waals surface area contributed by atoms with E-state index >= 15 is 0 Å². The van der Waals surface area contributed by atoms with Gasteiger partial charge in [-0.15, -0.1) is 0 Å². The maximum Gasteiger partial charge on any atom is 0.225 e. The molecule has 0 saturated carbocycles. The molecule has 2 aliphatic heterocycles. The van der Waals surface area contributed by atoms with E-state index in [1.807, 2.05) is 43.3 Å². The van der Waals surface area contributed by atoms with E-state index in [1.54, 1.807) is 6.07 Å². The highest BCUT2D eigenvalue weighted by Crippen LogP contribution is 2.49. The summed E-state index contributed by atoms with van der Waals surface area (Å²) in [5.41, 5.74) is 4.03. The van der Waals surface area contributed by atoms with Crippen LogP contribution in [0.5, 0.6) is 0 Å². The molecule has 0 unspecified atom stereocenters. The van der Waals surface area contributed by atoms with Crippen LogP contribution in [0.15, 0.2) is 47.6 Å². The minimum absolute atomic E-state index is 0.148. The number of hydrogen-bond donors (Lipinski definition) is 4. The number of aliphatic hydroxyl groups is 4. The number of oxime groups is 1. The van der Waals surface area contributed by atoms with Crippen molar-refractivity contribution in [2.45, 2.75) is 56.9 Å². The van der Waals surface area contributed by atoms with Crippen LogP contribution < -0.4 is 0 Å². The minimum Gasteiger partial charge on any atom is -0.399 e. The van der Waals surface area contributed by atoms with Crippen molar-refractivity contribution in [2.75, 3.05) is 20.3 Å². The Morgan fingerprint density at radius 1 is 1.12 bits per heavy atom. The summed E-state index contributed by atoms with van der Waals surface area (Å²) in [6.45, 7) is 5.43. The van der Waals surface area contributed by atoms with Gasteiger partial charge in [-0.1, -0.05) is 55.4 Å². The molecule has 0 aliphatic carbocycles. The van der Waals surface area contributed by atoms with Gasteiger partial charge in [0.2, 0.25) is 5.79 Å². The summed E-state index contributed by atoms with van der Waals surface area (Å²) in [5, 5.41) is 45.7. The summed E-state index contributed by atoms with van der Waals surface area (Å²) in [6, 6.07) is 13.7. The number of aryl methyl sites for hydroxylation is 1. The van der Waals surface area contributed by atoms with Crippen LogP contribution in [0.25, 0.3) is 0 Å². The number of benzene rings is 2. The van der Waals surface area contributed by atoms with Crippen LogP contribution in [0.2, 0.25) is 0 Å². The molecule has 0 aromatic heterocycles. The van der Waals surface area contributed by atoms with Gasteiger partial charge in [-0.2, -0.15) is 0 Å². The van der Waals surface area contributed by atoms with Gasteiger partial charge in [-0.25, -0.2) is 0 Å². The molecule has 5 atom stereocenters. The van der Waals surface area contributed by atoms with E-state index < -0.39 is 36.3 Å². The Bertz CT molecular complexity index is 1050. The molecule has 34 heavy (non-hydrogen) atoms. The number of rotatable bonds is 7. The lowest BCUT2D eigenvalue weighted by atomic mass is 9.83. The SMILES string of the molecule is CO/N=C(/c1ccc(Cc2cc([C@]34OC[C@](CO)(O3)[C@@H](O)[C@H](O)[C@H]4O)ccc2C)cc1)C(C)C. The highest BCUT2D eigenvalue weighted by Gasteiger charge is 2.67. The quantitative estimate of drug-likeness (QED) is 0.358. The third-order valence-corrected chi connectivity index (χ3v) is 6.86. The summed E-state index contributed by atoms with van der Waals surface area (Å²) in [5.74, 6) is -1.45. The standard InChI is InChI=1S/C26H33NO7/c1-15(2)21(27-32-4)18-8-6-17(7-9-18)11-19-12-20(10-5-16(19)3)26-24(31)22(29)23(30)25(13-28,34-26)14-33-26/h5-10,12,15,22-24,28-31H,11,13-14H2,1-4H3/b27-21+/t22-,23-,24+,25-,26-/m0/s1. The van der Waals surface area contributed by atoms with Crippen molar-refractivity contribution >= 4 is 5.71 Å². The van der Waals surface area contributed by atoms with Gasteiger partial charge < -0.3 is 34.7 Å². The van der Waals surface area contributed by atoms with Crippen molar-refractivity contribution in [2.24, 2.45) is 11.1 Å². The summed E-state index contributed by atoms with van der Waals surface area (Å²) in [7, 11) is 1.54. The van der Waals surface area contributed by atoms with Gasteiger partial charge in [-0.3, -0.25) is 0 Å². The first-order chi connectivity index (χ1) is 16.2. The highest BCUT2D eigenvalue weighted by atomic mass is 16.8. The molecule has 2 aromatic rings. The molecule has 0 amide bonds. The number of hydrogen-bond acceptors (Lipinski definition) is 8. The molecule has 2 aromatic carbocycles. The van der Waals surface area contributed by atoms with E-state index in [9.17, 15) is 20.4 Å². The van der Waals surface area contributed by atoms with Crippen molar-refractivity contribution in [3.05, 3.63) is 70.3 Å². The van der Waals surface area contributed by atoms with E-state index in [0.717, 1.165) is 28.0 Å². The van der Waals surface area contributed by atoms with Gasteiger partial charge in [0, 0.05) is 5.56 Å². The molecule has 0 spiro atoms. The summed E-state index contributed by atoms with van der Waals surface area (Å²) < 4.78 is 11.8. The average Bonchev–Trinajstić information content (AvgIpc) is 3.22. The van der Waals surface area contributed by atoms with Crippen molar-refractivity contribution in [3.8, 4) is 0 Å². The lowest BCUT2D eigenvalue weighted by molar-refractivity contribution is -0.329. The van der Waals surface area contributed by atoms with Gasteiger partial charge >= 0.3 is 0 Å². The van der Waals surface area contributed by atoms with Crippen LogP contribution in [-0.4, -0.2) is 70.4 Å². The molecule has 184 valence electrons. The fourth-order valence-corrected chi connectivity index (χ4v) is 4.76. The first kappa shape index (κ1) is 24.8. The molecule has 4 rings (SSSR count). The van der Waals surface area contributed by atoms with E-state index in [4.69, 9.17) is 14.3 Å². The second-order valence-electron chi connectivity index (χ2n) is 9.49. The van der Waals surface area contributed by atoms with Crippen LogP contribution in [-0.2, 0) is 26.5 Å². The Kier molecular flexibility index (Phi) is 6.83. The first-order valence-corrected chi connectivity index (χ1v) is 11.5. The summed E-state index contributed by atoms with van der Waals surface area (Å²) in [6.07, 6.45) is -3.89. The fraction of sp³-hybridized carbons (Fsp3) is 0.500. The lowest BCUT2D eigenvalue weighted by Gasteiger charge is -2.46. The highest BCUT2D eigenvalue weighted by molar-refractivity contribution is 6.01. The van der Waals surface area contributed by atoms with Gasteiger partial charge in [0.25, 0.3) is 0 Å². The lowest BCUT2D eigenvalue weighted by Crippen LogP contribution is -2.65. The van der Waals surface area contributed by atoms with Crippen LogP contribution >= 0.6 is 0 Å². The van der Waals surface area contributed by atoms with E-state index in [2.05, 4.69) is 19.0 Å². The Hall–Kier alpha value is -2.33. The van der Waals surface area contributed by atoms with Crippen LogP contribution in [0.1, 0.15) is 41.7 Å². The maximum atomic E-state index is 10.8. The van der Waals surface area contributed by atoms with Gasteiger partial charge in [0.05, 0.1) is 18.9 Å². The molecule has 2 fully saturated rings. The molecule has 0 radical (unpaired) electrons. The normalized spacial score (nSPS) is 31.2. The molecule has 8 heteroatoms. The number of ether oxygens (including phenoxy) is 2. The monoisotopic (exact) mass is 471 g/mol.